The molecule has 0 aromatic heterocycles. The molecule has 0 aliphatic rings. The number of ether oxygens (including phenoxy) is 1. The van der Waals surface area contributed by atoms with E-state index in [9.17, 15) is 24.3 Å². The van der Waals surface area contributed by atoms with Crippen molar-refractivity contribution in [3.8, 4) is 0 Å². The van der Waals surface area contributed by atoms with E-state index in [1.807, 2.05) is 0 Å². The summed E-state index contributed by atoms with van der Waals surface area (Å²) in [4.78, 5) is 49.7. The number of nitrogens with two attached hydrogens (primary N) is 1. The molecule has 0 atom stereocenters. The van der Waals surface area contributed by atoms with E-state index in [0.717, 1.165) is 4.90 Å². The summed E-state index contributed by atoms with van der Waals surface area (Å²) in [5, 5.41) is 10.7. The van der Waals surface area contributed by atoms with E-state index in [4.69, 9.17) is 10.5 Å². The second-order valence-electron chi connectivity index (χ2n) is 6.26. The Morgan fingerprint density at radius 3 is 2.33 bits per heavy atom. The predicted octanol–water partition coefficient (Wildman–Crippen LogP) is 2.86. The van der Waals surface area contributed by atoms with Gasteiger partial charge in [0.05, 0.1) is 23.5 Å². The second-order valence-corrected chi connectivity index (χ2v) is 6.26. The van der Waals surface area contributed by atoms with Crippen LogP contribution in [0, 0.1) is 0 Å². The quantitative estimate of drug-likeness (QED) is 0.495. The maximum atomic E-state index is 13.0. The number of carboxylic acid groups (broad SMARTS) is 1. The molecule has 152 valence electrons. The van der Waals surface area contributed by atoms with Gasteiger partial charge in [-0.15, -0.1) is 0 Å². The lowest BCUT2D eigenvalue weighted by Gasteiger charge is -2.25. The second kappa shape index (κ2) is 8.44. The average Bonchev–Trinajstić information content (AvgIpc) is 2.74. The minimum atomic E-state index is -1.27. The van der Waals surface area contributed by atoms with Gasteiger partial charge in [-0.1, -0.05) is 30.3 Å². The Bertz CT molecular complexity index is 1170. The van der Waals surface area contributed by atoms with E-state index in [0.29, 0.717) is 10.8 Å². The number of anilines is 2. The molecule has 0 heterocycles. The van der Waals surface area contributed by atoms with E-state index >= 15 is 0 Å². The Balaban J connectivity index is 2.32. The number of amides is 2. The smallest absolute Gasteiger partial charge is 0.397 e. The Morgan fingerprint density at radius 1 is 0.967 bits per heavy atom. The van der Waals surface area contributed by atoms with Crippen molar-refractivity contribution < 1.29 is 29.0 Å². The van der Waals surface area contributed by atoms with Crippen LogP contribution in [0.15, 0.2) is 60.7 Å². The number of benzene rings is 3. The number of carbonyl (C=O) groups is 4. The van der Waals surface area contributed by atoms with Crippen LogP contribution in [0.4, 0.5) is 11.4 Å². The zero-order chi connectivity index (χ0) is 21.8. The summed E-state index contributed by atoms with van der Waals surface area (Å²) >= 11 is 0. The van der Waals surface area contributed by atoms with Crippen molar-refractivity contribution in [2.75, 3.05) is 11.5 Å². The number of primary amides is 1. The maximum absolute atomic E-state index is 13.0. The highest BCUT2D eigenvalue weighted by Gasteiger charge is 2.30. The molecule has 2 amide bonds. The predicted molar refractivity (Wildman–Crippen MR) is 110 cm³/mol. The van der Waals surface area contributed by atoms with Gasteiger partial charge in [0.1, 0.15) is 0 Å². The summed E-state index contributed by atoms with van der Waals surface area (Å²) in [6.45, 7) is 1.53. The van der Waals surface area contributed by atoms with Crippen LogP contribution in [-0.2, 0) is 14.3 Å². The summed E-state index contributed by atoms with van der Waals surface area (Å²) in [5.41, 5.74) is 5.60. The number of aromatic carboxylic acids is 1. The van der Waals surface area contributed by atoms with Crippen LogP contribution in [0.25, 0.3) is 10.8 Å². The number of rotatable bonds is 5. The first-order valence-corrected chi connectivity index (χ1v) is 9.01. The van der Waals surface area contributed by atoms with Crippen LogP contribution in [0.5, 0.6) is 0 Å². The van der Waals surface area contributed by atoms with Gasteiger partial charge >= 0.3 is 17.8 Å². The third kappa shape index (κ3) is 3.83. The van der Waals surface area contributed by atoms with Crippen LogP contribution < -0.4 is 10.6 Å². The lowest BCUT2D eigenvalue weighted by molar-refractivity contribution is -0.152. The first kappa shape index (κ1) is 20.5. The standard InChI is InChI=1S/C22H18N2O6/c1-2-30-22(29)20(26)24(17-8-4-3-7-15(17)21(27)28)18-9-5-6-13-10-11-14(19(23)25)12-16(13)18/h3-12H,2H2,1H3,(H2,23,25)(H,27,28). The van der Waals surface area contributed by atoms with Crippen molar-refractivity contribution in [1.29, 1.82) is 0 Å². The van der Waals surface area contributed by atoms with E-state index in [-0.39, 0.29) is 29.1 Å². The van der Waals surface area contributed by atoms with Gasteiger partial charge in [-0.2, -0.15) is 0 Å². The number of hydrogen-bond donors (Lipinski definition) is 2. The molecule has 3 N–H and O–H groups in total. The molecule has 0 fully saturated rings. The van der Waals surface area contributed by atoms with Crippen LogP contribution in [0.3, 0.4) is 0 Å². The van der Waals surface area contributed by atoms with E-state index in [1.54, 1.807) is 37.3 Å². The van der Waals surface area contributed by atoms with Gasteiger partial charge in [0.2, 0.25) is 5.91 Å². The number of fused-ring (bicyclic) bond motifs is 1. The van der Waals surface area contributed by atoms with Crippen molar-refractivity contribution in [2.24, 2.45) is 5.73 Å². The lowest BCUT2D eigenvalue weighted by atomic mass is 10.0. The zero-order valence-electron chi connectivity index (χ0n) is 16.0. The third-order valence-electron chi connectivity index (χ3n) is 4.41. The molecule has 3 aromatic rings. The van der Waals surface area contributed by atoms with Crippen LogP contribution >= 0.6 is 0 Å². The Morgan fingerprint density at radius 2 is 1.67 bits per heavy atom. The molecule has 3 rings (SSSR count). The molecule has 0 bridgehead atoms. The molecule has 8 nitrogen and oxygen atoms in total. The molecule has 0 saturated carbocycles. The van der Waals surface area contributed by atoms with Crippen LogP contribution in [0.1, 0.15) is 27.6 Å². The van der Waals surface area contributed by atoms with E-state index in [1.165, 1.54) is 30.3 Å². The number of para-hydroxylation sites is 1. The average molecular weight is 406 g/mol. The van der Waals surface area contributed by atoms with Crippen molar-refractivity contribution >= 4 is 45.9 Å². The first-order valence-electron chi connectivity index (χ1n) is 9.01. The highest BCUT2D eigenvalue weighted by molar-refractivity contribution is 6.41. The molecule has 0 aliphatic carbocycles. The molecule has 0 spiro atoms. The van der Waals surface area contributed by atoms with Crippen molar-refractivity contribution in [1.82, 2.24) is 0 Å². The van der Waals surface area contributed by atoms with Gasteiger partial charge in [-0.25, -0.2) is 9.59 Å². The van der Waals surface area contributed by atoms with Gasteiger partial charge in [0, 0.05) is 10.9 Å². The SMILES string of the molecule is CCOC(=O)C(=O)N(c1ccccc1C(=O)O)c1cccc2ccc(C(N)=O)cc12. The Labute approximate surface area is 171 Å². The van der Waals surface area contributed by atoms with Gasteiger partial charge in [-0.05, 0) is 42.6 Å². The van der Waals surface area contributed by atoms with Gasteiger partial charge < -0.3 is 15.6 Å². The number of nitrogens with zero attached hydrogens (tertiary/aromatic N) is 1. The molecule has 0 aliphatic heterocycles. The summed E-state index contributed by atoms with van der Waals surface area (Å²) in [7, 11) is 0. The highest BCUT2D eigenvalue weighted by atomic mass is 16.5. The highest BCUT2D eigenvalue weighted by Crippen LogP contribution is 2.35. The topological polar surface area (TPSA) is 127 Å². The van der Waals surface area contributed by atoms with E-state index < -0.39 is 23.8 Å². The lowest BCUT2D eigenvalue weighted by Crippen LogP contribution is -2.35. The molecule has 0 unspecified atom stereocenters. The molecule has 0 saturated heterocycles. The molecular formula is C22H18N2O6. The Kier molecular flexibility index (Phi) is 5.78. The first-order chi connectivity index (χ1) is 14.3. The van der Waals surface area contributed by atoms with Crippen molar-refractivity contribution in [2.45, 2.75) is 6.92 Å². The molecule has 0 radical (unpaired) electrons. The van der Waals surface area contributed by atoms with Crippen molar-refractivity contribution in [3.63, 3.8) is 0 Å². The van der Waals surface area contributed by atoms with Crippen LogP contribution in [0.2, 0.25) is 0 Å². The number of esters is 1. The molecule has 8 heteroatoms. The Hall–Kier alpha value is -4.20. The molecular weight excluding hydrogens is 388 g/mol. The number of hydrogen-bond acceptors (Lipinski definition) is 5. The molecule has 3 aromatic carbocycles. The fourth-order valence-electron chi connectivity index (χ4n) is 3.09. The normalized spacial score (nSPS) is 10.4. The van der Waals surface area contributed by atoms with Crippen molar-refractivity contribution in [3.05, 3.63) is 71.8 Å². The van der Waals surface area contributed by atoms with Gasteiger partial charge in [0.25, 0.3) is 0 Å². The minimum absolute atomic E-state index is 0.0139. The summed E-state index contributed by atoms with van der Waals surface area (Å²) < 4.78 is 4.85. The fourth-order valence-corrected chi connectivity index (χ4v) is 3.09. The summed E-state index contributed by atoms with van der Waals surface area (Å²) in [6.07, 6.45) is 0. The van der Waals surface area contributed by atoms with Crippen LogP contribution in [-0.4, -0.2) is 35.5 Å². The number of carbonyl (C=O) groups excluding carboxylic acids is 3. The van der Waals surface area contributed by atoms with E-state index in [2.05, 4.69) is 0 Å². The van der Waals surface area contributed by atoms with Gasteiger partial charge in [-0.3, -0.25) is 14.5 Å². The third-order valence-corrected chi connectivity index (χ3v) is 4.41. The minimum Gasteiger partial charge on any atom is -0.478 e. The summed E-state index contributed by atoms with van der Waals surface area (Å²) in [5.74, 6) is -4.14. The molecule has 30 heavy (non-hydrogen) atoms. The zero-order valence-corrected chi connectivity index (χ0v) is 16.0. The summed E-state index contributed by atoms with van der Waals surface area (Å²) in [6, 6.07) is 15.4. The van der Waals surface area contributed by atoms with Gasteiger partial charge in [0.15, 0.2) is 0 Å². The largest absolute Gasteiger partial charge is 0.478 e. The monoisotopic (exact) mass is 406 g/mol. The number of carboxylic acids is 1. The fraction of sp³-hybridized carbons (Fsp3) is 0.0909. The maximum Gasteiger partial charge on any atom is 0.397 e.